The highest BCUT2D eigenvalue weighted by Gasteiger charge is 2.34. The van der Waals surface area contributed by atoms with E-state index in [1.807, 2.05) is 0 Å². The number of hydrogen-bond donors (Lipinski definition) is 0. The summed E-state index contributed by atoms with van der Waals surface area (Å²) in [4.78, 5) is 0. The zero-order valence-corrected chi connectivity index (χ0v) is 15.8. The molecule has 2 aromatic carbocycles. The van der Waals surface area contributed by atoms with Crippen molar-refractivity contribution in [3.63, 3.8) is 0 Å². The molecule has 0 aliphatic rings. The van der Waals surface area contributed by atoms with E-state index in [2.05, 4.69) is 81.1 Å². The van der Waals surface area contributed by atoms with Crippen LogP contribution >= 0.6 is 0 Å². The lowest BCUT2D eigenvalue weighted by atomic mass is 10.0. The molecule has 0 heterocycles. The van der Waals surface area contributed by atoms with Crippen molar-refractivity contribution in [1.82, 2.24) is 0 Å². The molecule has 0 N–H and O–H groups in total. The molecule has 1 atom stereocenters. The highest BCUT2D eigenvalue weighted by atomic mass is 28.4. The first-order valence-corrected chi connectivity index (χ1v) is 11.4. The van der Waals surface area contributed by atoms with Gasteiger partial charge in [-0.15, -0.1) is 0 Å². The summed E-state index contributed by atoms with van der Waals surface area (Å²) in [5, 5.41) is 2.72. The molecule has 2 rings (SSSR count). The molecule has 0 spiro atoms. The van der Waals surface area contributed by atoms with Crippen molar-refractivity contribution in [2.75, 3.05) is 6.61 Å². The number of rotatable bonds is 9. The van der Waals surface area contributed by atoms with Crippen LogP contribution in [0.2, 0.25) is 6.55 Å². The Labute approximate surface area is 142 Å². The van der Waals surface area contributed by atoms with Crippen LogP contribution in [0.5, 0.6) is 0 Å². The van der Waals surface area contributed by atoms with E-state index in [0.29, 0.717) is 5.92 Å². The average molecular weight is 327 g/mol. The zero-order chi connectivity index (χ0) is 16.5. The maximum Gasteiger partial charge on any atom is 0.252 e. The van der Waals surface area contributed by atoms with Crippen LogP contribution in [0.25, 0.3) is 0 Å². The normalized spacial score (nSPS) is 13.0. The summed E-state index contributed by atoms with van der Waals surface area (Å²) < 4.78 is 6.69. The minimum absolute atomic E-state index is 0.675. The minimum Gasteiger partial charge on any atom is -0.408 e. The van der Waals surface area contributed by atoms with Crippen molar-refractivity contribution in [1.29, 1.82) is 0 Å². The van der Waals surface area contributed by atoms with Gasteiger partial charge in [0.25, 0.3) is 8.32 Å². The van der Waals surface area contributed by atoms with E-state index in [9.17, 15) is 0 Å². The van der Waals surface area contributed by atoms with Gasteiger partial charge in [-0.05, 0) is 29.3 Å². The predicted octanol–water partition coefficient (Wildman–Crippen LogP) is 4.61. The lowest BCUT2D eigenvalue weighted by molar-refractivity contribution is 0.232. The maximum absolute atomic E-state index is 6.69. The Morgan fingerprint density at radius 3 is 1.83 bits per heavy atom. The van der Waals surface area contributed by atoms with Crippen LogP contribution in [0, 0.1) is 5.92 Å². The predicted molar refractivity (Wildman–Crippen MR) is 103 cm³/mol. The molecule has 0 bridgehead atoms. The highest BCUT2D eigenvalue weighted by molar-refractivity contribution is 6.96. The Morgan fingerprint density at radius 1 is 0.870 bits per heavy atom. The van der Waals surface area contributed by atoms with E-state index in [4.69, 9.17) is 4.43 Å². The Balaban J connectivity index is 2.21. The second-order valence-electron chi connectivity index (χ2n) is 6.49. The third-order valence-electron chi connectivity index (χ3n) is 4.80. The molecule has 1 nitrogen and oxygen atoms in total. The van der Waals surface area contributed by atoms with E-state index >= 15 is 0 Å². The van der Waals surface area contributed by atoms with E-state index < -0.39 is 8.32 Å². The van der Waals surface area contributed by atoms with Gasteiger partial charge in [0.1, 0.15) is 0 Å². The molecule has 2 heteroatoms. The molecule has 0 amide bonds. The van der Waals surface area contributed by atoms with E-state index in [1.54, 1.807) is 0 Å². The van der Waals surface area contributed by atoms with Gasteiger partial charge in [0.2, 0.25) is 0 Å². The molecule has 23 heavy (non-hydrogen) atoms. The Morgan fingerprint density at radius 2 is 1.39 bits per heavy atom. The molecule has 0 saturated heterocycles. The molecule has 0 fully saturated rings. The number of hydrogen-bond acceptors (Lipinski definition) is 1. The van der Waals surface area contributed by atoms with Crippen molar-refractivity contribution in [2.45, 2.75) is 46.1 Å². The third kappa shape index (κ3) is 4.79. The average Bonchev–Trinajstić information content (AvgIpc) is 2.63. The van der Waals surface area contributed by atoms with Crippen molar-refractivity contribution < 1.29 is 4.43 Å². The second kappa shape index (κ2) is 9.04. The molecular weight excluding hydrogens is 296 g/mol. The summed E-state index contributed by atoms with van der Waals surface area (Å²) in [6.45, 7) is 7.77. The standard InChI is InChI=1S/C21H30OSi/c1-4-6-13-19(5-2)18-22-23(3,20-14-9-7-10-15-20)21-16-11-8-12-17-21/h7-12,14-17,19H,4-6,13,18H2,1-3H3. The third-order valence-corrected chi connectivity index (χ3v) is 8.41. The van der Waals surface area contributed by atoms with Crippen molar-refractivity contribution >= 4 is 18.7 Å². The van der Waals surface area contributed by atoms with Crippen LogP contribution < -0.4 is 10.4 Å². The number of unbranched alkanes of at least 4 members (excludes halogenated alkanes) is 1. The van der Waals surface area contributed by atoms with Crippen molar-refractivity contribution in [3.8, 4) is 0 Å². The first kappa shape index (κ1) is 18.0. The van der Waals surface area contributed by atoms with Gasteiger partial charge in [-0.25, -0.2) is 0 Å². The summed E-state index contributed by atoms with van der Waals surface area (Å²) in [6.07, 6.45) is 5.05. The zero-order valence-electron chi connectivity index (χ0n) is 14.8. The lowest BCUT2D eigenvalue weighted by Crippen LogP contribution is -2.58. The molecule has 124 valence electrons. The molecule has 0 saturated carbocycles. The van der Waals surface area contributed by atoms with Crippen LogP contribution in [0.1, 0.15) is 39.5 Å². The molecule has 0 aliphatic carbocycles. The first-order chi connectivity index (χ1) is 11.2. The monoisotopic (exact) mass is 326 g/mol. The summed E-state index contributed by atoms with van der Waals surface area (Å²) in [5.41, 5.74) is 0. The molecular formula is C21H30OSi. The smallest absolute Gasteiger partial charge is 0.252 e. The summed E-state index contributed by atoms with van der Waals surface area (Å²) in [6, 6.07) is 21.6. The fourth-order valence-electron chi connectivity index (χ4n) is 3.03. The van der Waals surface area contributed by atoms with Crippen LogP contribution in [-0.4, -0.2) is 14.9 Å². The molecule has 0 aromatic heterocycles. The molecule has 0 radical (unpaired) electrons. The first-order valence-electron chi connectivity index (χ1n) is 8.95. The summed E-state index contributed by atoms with van der Waals surface area (Å²) in [5.74, 6) is 0.675. The molecule has 2 aromatic rings. The molecule has 1 unspecified atom stereocenters. The topological polar surface area (TPSA) is 9.23 Å². The maximum atomic E-state index is 6.69. The second-order valence-corrected chi connectivity index (χ2v) is 10.0. The van der Waals surface area contributed by atoms with Gasteiger partial charge in [0.05, 0.1) is 0 Å². The largest absolute Gasteiger partial charge is 0.408 e. The van der Waals surface area contributed by atoms with E-state index in [-0.39, 0.29) is 0 Å². The Bertz CT molecular complexity index is 513. The van der Waals surface area contributed by atoms with E-state index in [1.165, 1.54) is 36.1 Å². The van der Waals surface area contributed by atoms with Gasteiger partial charge < -0.3 is 4.43 Å². The van der Waals surface area contributed by atoms with Gasteiger partial charge in [-0.3, -0.25) is 0 Å². The fourth-order valence-corrected chi connectivity index (χ4v) is 5.92. The lowest BCUT2D eigenvalue weighted by Gasteiger charge is -2.30. The van der Waals surface area contributed by atoms with Gasteiger partial charge >= 0.3 is 0 Å². The Kier molecular flexibility index (Phi) is 7.06. The van der Waals surface area contributed by atoms with Crippen molar-refractivity contribution in [3.05, 3.63) is 60.7 Å². The quantitative estimate of drug-likeness (QED) is 0.612. The van der Waals surface area contributed by atoms with Gasteiger partial charge in [-0.2, -0.15) is 0 Å². The minimum atomic E-state index is -2.12. The highest BCUT2D eigenvalue weighted by Crippen LogP contribution is 2.16. The fraction of sp³-hybridized carbons (Fsp3) is 0.429. The molecule has 0 aliphatic heterocycles. The van der Waals surface area contributed by atoms with Crippen LogP contribution in [0.4, 0.5) is 0 Å². The Hall–Kier alpha value is -1.38. The summed E-state index contributed by atoms with van der Waals surface area (Å²) >= 11 is 0. The summed E-state index contributed by atoms with van der Waals surface area (Å²) in [7, 11) is -2.12. The number of benzene rings is 2. The van der Waals surface area contributed by atoms with Crippen molar-refractivity contribution in [2.24, 2.45) is 5.92 Å². The van der Waals surface area contributed by atoms with Crippen LogP contribution in [0.3, 0.4) is 0 Å². The SMILES string of the molecule is CCCCC(CC)CO[Si](C)(c1ccccc1)c1ccccc1. The van der Waals surface area contributed by atoms with E-state index in [0.717, 1.165) is 6.61 Å². The van der Waals surface area contributed by atoms with Gasteiger partial charge in [0, 0.05) is 6.61 Å². The van der Waals surface area contributed by atoms with Crippen LogP contribution in [-0.2, 0) is 4.43 Å². The van der Waals surface area contributed by atoms with Crippen LogP contribution in [0.15, 0.2) is 60.7 Å². The van der Waals surface area contributed by atoms with Gasteiger partial charge in [0.15, 0.2) is 0 Å². The van der Waals surface area contributed by atoms with Gasteiger partial charge in [-0.1, -0.05) is 93.8 Å².